The number of amides is 1. The number of hydrogen-bond donors (Lipinski definition) is 0. The highest BCUT2D eigenvalue weighted by Crippen LogP contribution is 2.36. The lowest BCUT2D eigenvalue weighted by Crippen LogP contribution is -2.31. The molecule has 0 bridgehead atoms. The number of rotatable bonds is 6. The lowest BCUT2D eigenvalue weighted by atomic mass is 9.97. The predicted octanol–water partition coefficient (Wildman–Crippen LogP) is 4.20. The Kier molecular flexibility index (Phi) is 6.40. The fourth-order valence-electron chi connectivity index (χ4n) is 5.71. The van der Waals surface area contributed by atoms with Gasteiger partial charge in [0.05, 0.1) is 17.3 Å². The van der Waals surface area contributed by atoms with Gasteiger partial charge in [0.15, 0.2) is 0 Å². The van der Waals surface area contributed by atoms with Crippen LogP contribution >= 0.6 is 0 Å². The van der Waals surface area contributed by atoms with Crippen molar-refractivity contribution in [2.75, 3.05) is 38.6 Å². The van der Waals surface area contributed by atoms with Crippen LogP contribution in [0.15, 0.2) is 61.1 Å². The van der Waals surface area contributed by atoms with E-state index in [0.717, 1.165) is 60.5 Å². The molecular weight excluding hydrogens is 474 g/mol. The maximum atomic E-state index is 12.2. The maximum absolute atomic E-state index is 12.2. The Morgan fingerprint density at radius 2 is 1.89 bits per heavy atom. The third-order valence-electron chi connectivity index (χ3n) is 7.81. The van der Waals surface area contributed by atoms with E-state index >= 15 is 0 Å². The minimum atomic E-state index is 0.128. The minimum absolute atomic E-state index is 0.128. The average Bonchev–Trinajstić information content (AvgIpc) is 3.70. The molecule has 1 atom stereocenters. The first-order chi connectivity index (χ1) is 18.5. The van der Waals surface area contributed by atoms with Crippen molar-refractivity contribution < 1.29 is 4.79 Å². The molecular formula is C30H31N7O. The molecule has 0 N–H and O–H groups in total. The number of nitrogens with zero attached hydrogens (tertiary/aromatic N) is 7. The van der Waals surface area contributed by atoms with Crippen molar-refractivity contribution in [2.24, 2.45) is 0 Å². The van der Waals surface area contributed by atoms with Crippen molar-refractivity contribution in [1.82, 2.24) is 24.2 Å². The topological polar surface area (TPSA) is 80.8 Å². The van der Waals surface area contributed by atoms with Crippen molar-refractivity contribution >= 4 is 17.4 Å². The summed E-state index contributed by atoms with van der Waals surface area (Å²) in [6.45, 7) is 3.63. The van der Waals surface area contributed by atoms with Crippen LogP contribution < -0.4 is 4.90 Å². The standard InChI is InChI=1S/C30H31N7O/c1-34(2)25-11-14-35(20-25)19-24-16-26(22-7-5-21(17-31)6-8-22)29(37-15-12-32-30(24)37)23-9-10-27(33-18-23)36-13-3-4-28(36)38/h5-10,12,15-16,18,25H,3-4,11,13-14,19-20H2,1-2H3/t25-/m0/s1. The van der Waals surface area contributed by atoms with Gasteiger partial charge in [0.2, 0.25) is 5.91 Å². The van der Waals surface area contributed by atoms with Gasteiger partial charge in [-0.25, -0.2) is 9.97 Å². The van der Waals surface area contributed by atoms with E-state index in [4.69, 9.17) is 4.98 Å². The lowest BCUT2D eigenvalue weighted by Gasteiger charge is -2.22. The number of imidazole rings is 1. The zero-order chi connectivity index (χ0) is 26.2. The molecule has 2 aliphatic rings. The van der Waals surface area contributed by atoms with E-state index in [1.165, 1.54) is 5.56 Å². The molecule has 6 rings (SSSR count). The zero-order valence-corrected chi connectivity index (χ0v) is 21.8. The van der Waals surface area contributed by atoms with Crippen LogP contribution in [-0.4, -0.2) is 69.8 Å². The van der Waals surface area contributed by atoms with Gasteiger partial charge in [-0.1, -0.05) is 12.1 Å². The van der Waals surface area contributed by atoms with Crippen molar-refractivity contribution in [3.8, 4) is 28.5 Å². The lowest BCUT2D eigenvalue weighted by molar-refractivity contribution is -0.117. The van der Waals surface area contributed by atoms with Gasteiger partial charge in [0.25, 0.3) is 0 Å². The van der Waals surface area contributed by atoms with Crippen LogP contribution in [0.25, 0.3) is 28.0 Å². The Bertz CT molecular complexity index is 1520. The summed E-state index contributed by atoms with van der Waals surface area (Å²) < 4.78 is 2.15. The highest BCUT2D eigenvalue weighted by Gasteiger charge is 2.26. The second-order valence-corrected chi connectivity index (χ2v) is 10.4. The van der Waals surface area contributed by atoms with Gasteiger partial charge < -0.3 is 4.90 Å². The Morgan fingerprint density at radius 1 is 1.08 bits per heavy atom. The number of nitriles is 1. The second-order valence-electron chi connectivity index (χ2n) is 10.4. The van der Waals surface area contributed by atoms with E-state index in [2.05, 4.69) is 45.4 Å². The SMILES string of the molecule is CN(C)[C@H]1CCN(Cc2cc(-c3ccc(C#N)cc3)c(-c3ccc(N4CCCC4=O)nc3)n3ccnc23)C1. The summed E-state index contributed by atoms with van der Waals surface area (Å²) in [4.78, 5) is 28.3. The van der Waals surface area contributed by atoms with Gasteiger partial charge in [-0.15, -0.1) is 0 Å². The quantitative estimate of drug-likeness (QED) is 0.391. The molecule has 0 aliphatic carbocycles. The number of fused-ring (bicyclic) bond motifs is 1. The van der Waals surface area contributed by atoms with Crippen LogP contribution in [0, 0.1) is 11.3 Å². The Morgan fingerprint density at radius 3 is 2.55 bits per heavy atom. The Balaban J connectivity index is 1.45. The highest BCUT2D eigenvalue weighted by molar-refractivity contribution is 5.94. The molecule has 0 radical (unpaired) electrons. The summed E-state index contributed by atoms with van der Waals surface area (Å²) in [5.41, 5.74) is 6.77. The van der Waals surface area contributed by atoms with Crippen LogP contribution in [0.3, 0.4) is 0 Å². The first-order valence-electron chi connectivity index (χ1n) is 13.2. The number of aromatic nitrogens is 3. The maximum Gasteiger partial charge on any atom is 0.228 e. The molecule has 2 saturated heterocycles. The molecule has 5 heterocycles. The van der Waals surface area contributed by atoms with Gasteiger partial charge in [-0.3, -0.25) is 19.0 Å². The van der Waals surface area contributed by atoms with E-state index < -0.39 is 0 Å². The molecule has 8 heteroatoms. The largest absolute Gasteiger partial charge is 0.305 e. The fourth-order valence-corrected chi connectivity index (χ4v) is 5.71. The van der Waals surface area contributed by atoms with Gasteiger partial charge in [0, 0.05) is 73.9 Å². The summed E-state index contributed by atoms with van der Waals surface area (Å²) in [5.74, 6) is 0.822. The van der Waals surface area contributed by atoms with Crippen LogP contribution in [-0.2, 0) is 11.3 Å². The number of likely N-dealkylation sites (tertiary alicyclic amines) is 1. The molecule has 0 unspecified atom stereocenters. The molecule has 3 aromatic heterocycles. The fraction of sp³-hybridized carbons (Fsp3) is 0.333. The van der Waals surface area contributed by atoms with E-state index in [1.807, 2.05) is 55.0 Å². The zero-order valence-electron chi connectivity index (χ0n) is 21.8. The smallest absolute Gasteiger partial charge is 0.228 e. The van der Waals surface area contributed by atoms with E-state index in [9.17, 15) is 10.1 Å². The van der Waals surface area contributed by atoms with Crippen LogP contribution in [0.5, 0.6) is 0 Å². The molecule has 1 amide bonds. The number of carbonyl (C=O) groups excluding carboxylic acids is 1. The minimum Gasteiger partial charge on any atom is -0.305 e. The van der Waals surface area contributed by atoms with Crippen molar-refractivity contribution in [3.63, 3.8) is 0 Å². The number of carbonyl (C=O) groups is 1. The van der Waals surface area contributed by atoms with Crippen molar-refractivity contribution in [1.29, 1.82) is 5.26 Å². The average molecular weight is 506 g/mol. The number of anilines is 1. The van der Waals surface area contributed by atoms with Crippen LogP contribution in [0.1, 0.15) is 30.4 Å². The Hall–Kier alpha value is -4.06. The highest BCUT2D eigenvalue weighted by atomic mass is 16.2. The third-order valence-corrected chi connectivity index (χ3v) is 7.81. The third kappa shape index (κ3) is 4.44. The Labute approximate surface area is 222 Å². The molecule has 4 aromatic rings. The van der Waals surface area contributed by atoms with Crippen LogP contribution in [0.4, 0.5) is 5.82 Å². The van der Waals surface area contributed by atoms with Gasteiger partial charge in [-0.2, -0.15) is 5.26 Å². The summed E-state index contributed by atoms with van der Waals surface area (Å²) in [6.07, 6.45) is 8.32. The first kappa shape index (κ1) is 24.3. The molecule has 1 aromatic carbocycles. The second kappa shape index (κ2) is 10.0. The normalized spacial score (nSPS) is 18.1. The number of hydrogen-bond acceptors (Lipinski definition) is 6. The molecule has 192 valence electrons. The van der Waals surface area contributed by atoms with E-state index in [-0.39, 0.29) is 5.91 Å². The van der Waals surface area contributed by atoms with Gasteiger partial charge in [0.1, 0.15) is 11.5 Å². The molecule has 0 saturated carbocycles. The molecule has 2 aliphatic heterocycles. The summed E-state index contributed by atoms with van der Waals surface area (Å²) in [5, 5.41) is 9.34. The predicted molar refractivity (Wildman–Crippen MR) is 148 cm³/mol. The van der Waals surface area contributed by atoms with E-state index in [0.29, 0.717) is 30.4 Å². The molecule has 38 heavy (non-hydrogen) atoms. The number of likely N-dealkylation sites (N-methyl/N-ethyl adjacent to an activating group) is 1. The summed E-state index contributed by atoms with van der Waals surface area (Å²) >= 11 is 0. The summed E-state index contributed by atoms with van der Waals surface area (Å²) in [6, 6.07) is 16.7. The van der Waals surface area contributed by atoms with Gasteiger partial charge in [-0.05, 0) is 62.8 Å². The van der Waals surface area contributed by atoms with Gasteiger partial charge >= 0.3 is 0 Å². The monoisotopic (exact) mass is 505 g/mol. The molecule has 0 spiro atoms. The first-order valence-corrected chi connectivity index (χ1v) is 13.2. The van der Waals surface area contributed by atoms with Crippen molar-refractivity contribution in [3.05, 3.63) is 72.2 Å². The number of benzene rings is 1. The molecule has 2 fully saturated rings. The number of pyridine rings is 2. The van der Waals surface area contributed by atoms with Crippen LogP contribution in [0.2, 0.25) is 0 Å². The summed E-state index contributed by atoms with van der Waals surface area (Å²) in [7, 11) is 4.30. The molecule has 8 nitrogen and oxygen atoms in total. The van der Waals surface area contributed by atoms with E-state index in [1.54, 1.807) is 4.90 Å². The van der Waals surface area contributed by atoms with Crippen molar-refractivity contribution in [2.45, 2.75) is 31.8 Å².